The van der Waals surface area contributed by atoms with Gasteiger partial charge >= 0.3 is 6.18 Å². The van der Waals surface area contributed by atoms with E-state index >= 15 is 0 Å². The number of primary amides is 1. The van der Waals surface area contributed by atoms with E-state index < -0.39 is 25.2 Å². The minimum atomic E-state index is -4.43. The van der Waals surface area contributed by atoms with E-state index in [2.05, 4.69) is 0 Å². The van der Waals surface area contributed by atoms with Crippen LogP contribution in [0.4, 0.5) is 24.5 Å². The molecule has 0 bridgehead atoms. The molecule has 1 aromatic carbocycles. The van der Waals surface area contributed by atoms with Crippen LogP contribution in [0.5, 0.6) is 0 Å². The maximum Gasteiger partial charge on any atom is 0.405 e. The molecule has 0 spiro atoms. The molecule has 0 aromatic heterocycles. The first kappa shape index (κ1) is 15.1. The Morgan fingerprint density at radius 1 is 1.37 bits per heavy atom. The Labute approximate surface area is 107 Å². The summed E-state index contributed by atoms with van der Waals surface area (Å²) in [6, 6.07) is 3.82. The van der Waals surface area contributed by atoms with Crippen molar-refractivity contribution >= 4 is 17.3 Å². The number of carbonyl (C=O) groups is 1. The standard InChI is InChI=1S/C11H14F3N3O2/c12-11(13,14)6-17(3-4-18)7-1-2-9(15)8(5-7)10(16)19/h1-2,5,18H,3-4,6,15H2,(H2,16,19). The Balaban J connectivity index is 3.09. The summed E-state index contributed by atoms with van der Waals surface area (Å²) in [6.45, 7) is -1.91. The number of hydrogen-bond donors (Lipinski definition) is 3. The smallest absolute Gasteiger partial charge is 0.398 e. The Bertz CT molecular complexity index is 463. The average Bonchev–Trinajstić information content (AvgIpc) is 2.27. The summed E-state index contributed by atoms with van der Waals surface area (Å²) in [4.78, 5) is 12.0. The van der Waals surface area contributed by atoms with Gasteiger partial charge in [0.1, 0.15) is 6.54 Å². The van der Waals surface area contributed by atoms with Crippen molar-refractivity contribution in [1.29, 1.82) is 0 Å². The topological polar surface area (TPSA) is 92.6 Å². The van der Waals surface area contributed by atoms with E-state index in [-0.39, 0.29) is 23.5 Å². The SMILES string of the molecule is NC(=O)c1cc(N(CCO)CC(F)(F)F)ccc1N. The molecule has 0 aliphatic rings. The summed E-state index contributed by atoms with van der Waals surface area (Å²) in [5.74, 6) is -0.824. The fourth-order valence-electron chi connectivity index (χ4n) is 1.59. The number of amides is 1. The summed E-state index contributed by atoms with van der Waals surface area (Å²) in [6.07, 6.45) is -4.43. The van der Waals surface area contributed by atoms with Crippen LogP contribution >= 0.6 is 0 Å². The predicted octanol–water partition coefficient (Wildman–Crippen LogP) is 0.729. The summed E-state index contributed by atoms with van der Waals surface area (Å²) < 4.78 is 37.2. The molecule has 5 N–H and O–H groups in total. The normalized spacial score (nSPS) is 11.4. The lowest BCUT2D eigenvalue weighted by Crippen LogP contribution is -2.36. The van der Waals surface area contributed by atoms with Gasteiger partial charge in [-0.1, -0.05) is 0 Å². The zero-order valence-corrected chi connectivity index (χ0v) is 9.94. The predicted molar refractivity (Wildman–Crippen MR) is 64.7 cm³/mol. The first-order chi connectivity index (χ1) is 8.74. The van der Waals surface area contributed by atoms with Gasteiger partial charge in [-0.3, -0.25) is 4.79 Å². The molecule has 5 nitrogen and oxygen atoms in total. The van der Waals surface area contributed by atoms with Gasteiger partial charge in [-0.25, -0.2) is 0 Å². The molecule has 0 unspecified atom stereocenters. The quantitative estimate of drug-likeness (QED) is 0.692. The molecular formula is C11H14F3N3O2. The van der Waals surface area contributed by atoms with Crippen molar-refractivity contribution < 1.29 is 23.1 Å². The molecule has 106 valence electrons. The highest BCUT2D eigenvalue weighted by molar-refractivity contribution is 5.99. The summed E-state index contributed by atoms with van der Waals surface area (Å²) in [5.41, 5.74) is 10.7. The van der Waals surface area contributed by atoms with Crippen LogP contribution in [0, 0.1) is 0 Å². The molecule has 8 heteroatoms. The van der Waals surface area contributed by atoms with Crippen LogP contribution in [-0.2, 0) is 0 Å². The minimum Gasteiger partial charge on any atom is -0.398 e. The molecule has 1 aromatic rings. The third-order valence-corrected chi connectivity index (χ3v) is 2.41. The number of benzene rings is 1. The van der Waals surface area contributed by atoms with Gasteiger partial charge < -0.3 is 21.5 Å². The third-order valence-electron chi connectivity index (χ3n) is 2.41. The largest absolute Gasteiger partial charge is 0.405 e. The lowest BCUT2D eigenvalue weighted by molar-refractivity contribution is -0.119. The van der Waals surface area contributed by atoms with E-state index in [1.807, 2.05) is 0 Å². The van der Waals surface area contributed by atoms with Crippen molar-refractivity contribution in [2.24, 2.45) is 5.73 Å². The molecule has 1 rings (SSSR count). The fraction of sp³-hybridized carbons (Fsp3) is 0.364. The number of carbonyl (C=O) groups excluding carboxylic acids is 1. The maximum absolute atomic E-state index is 12.4. The van der Waals surface area contributed by atoms with E-state index in [0.717, 1.165) is 4.90 Å². The van der Waals surface area contributed by atoms with Gasteiger partial charge in [0.2, 0.25) is 0 Å². The second kappa shape index (κ2) is 5.79. The lowest BCUT2D eigenvalue weighted by atomic mass is 10.1. The fourth-order valence-corrected chi connectivity index (χ4v) is 1.59. The van der Waals surface area contributed by atoms with Crippen molar-refractivity contribution in [2.45, 2.75) is 6.18 Å². The Morgan fingerprint density at radius 2 is 2.00 bits per heavy atom. The lowest BCUT2D eigenvalue weighted by Gasteiger charge is -2.25. The molecule has 0 saturated carbocycles. The maximum atomic E-state index is 12.4. The van der Waals surface area contributed by atoms with Crippen molar-refractivity contribution in [3.8, 4) is 0 Å². The van der Waals surface area contributed by atoms with Crippen LogP contribution in [0.15, 0.2) is 18.2 Å². The molecule has 19 heavy (non-hydrogen) atoms. The molecule has 0 aliphatic heterocycles. The van der Waals surface area contributed by atoms with E-state index in [1.165, 1.54) is 18.2 Å². The van der Waals surface area contributed by atoms with Crippen LogP contribution in [0.1, 0.15) is 10.4 Å². The highest BCUT2D eigenvalue weighted by Gasteiger charge is 2.31. The number of hydrogen-bond acceptors (Lipinski definition) is 4. The number of anilines is 2. The molecule has 0 atom stereocenters. The van der Waals surface area contributed by atoms with Gasteiger partial charge in [-0.15, -0.1) is 0 Å². The highest BCUT2D eigenvalue weighted by atomic mass is 19.4. The minimum absolute atomic E-state index is 0.0531. The number of rotatable bonds is 5. The van der Waals surface area contributed by atoms with E-state index in [0.29, 0.717) is 0 Å². The summed E-state index contributed by atoms with van der Waals surface area (Å²) in [5, 5.41) is 8.80. The van der Waals surface area contributed by atoms with E-state index in [4.69, 9.17) is 16.6 Å². The van der Waals surface area contributed by atoms with Crippen molar-refractivity contribution in [3.05, 3.63) is 23.8 Å². The number of nitrogens with two attached hydrogens (primary N) is 2. The number of nitrogen functional groups attached to an aromatic ring is 1. The van der Waals surface area contributed by atoms with E-state index in [1.54, 1.807) is 0 Å². The van der Waals surface area contributed by atoms with Crippen LogP contribution in [0.3, 0.4) is 0 Å². The monoisotopic (exact) mass is 277 g/mol. The highest BCUT2D eigenvalue weighted by Crippen LogP contribution is 2.25. The average molecular weight is 277 g/mol. The van der Waals surface area contributed by atoms with Gasteiger partial charge in [0.25, 0.3) is 5.91 Å². The molecule has 0 fully saturated rings. The van der Waals surface area contributed by atoms with E-state index in [9.17, 15) is 18.0 Å². The van der Waals surface area contributed by atoms with Gasteiger partial charge in [0.05, 0.1) is 12.2 Å². The third kappa shape index (κ3) is 4.32. The number of aliphatic hydroxyl groups excluding tert-OH is 1. The first-order valence-corrected chi connectivity index (χ1v) is 5.36. The second-order valence-corrected chi connectivity index (χ2v) is 3.90. The Kier molecular flexibility index (Phi) is 4.60. The summed E-state index contributed by atoms with van der Waals surface area (Å²) >= 11 is 0. The number of alkyl halides is 3. The molecule has 0 saturated heterocycles. The van der Waals surface area contributed by atoms with Crippen molar-refractivity contribution in [3.63, 3.8) is 0 Å². The first-order valence-electron chi connectivity index (χ1n) is 5.36. The number of aliphatic hydroxyl groups is 1. The summed E-state index contributed by atoms with van der Waals surface area (Å²) in [7, 11) is 0. The molecule has 0 radical (unpaired) electrons. The second-order valence-electron chi connectivity index (χ2n) is 3.90. The van der Waals surface area contributed by atoms with Crippen LogP contribution < -0.4 is 16.4 Å². The van der Waals surface area contributed by atoms with Crippen LogP contribution in [0.2, 0.25) is 0 Å². The van der Waals surface area contributed by atoms with Gasteiger partial charge in [-0.2, -0.15) is 13.2 Å². The van der Waals surface area contributed by atoms with Crippen molar-refractivity contribution in [2.75, 3.05) is 30.3 Å². The zero-order valence-electron chi connectivity index (χ0n) is 9.94. The van der Waals surface area contributed by atoms with Gasteiger partial charge in [-0.05, 0) is 18.2 Å². The number of nitrogens with zero attached hydrogens (tertiary/aromatic N) is 1. The van der Waals surface area contributed by atoms with Crippen LogP contribution in [0.25, 0.3) is 0 Å². The van der Waals surface area contributed by atoms with Gasteiger partial charge in [0, 0.05) is 17.9 Å². The molecule has 1 amide bonds. The zero-order chi connectivity index (χ0) is 14.6. The number of halogens is 3. The van der Waals surface area contributed by atoms with Gasteiger partial charge in [0.15, 0.2) is 0 Å². The Hall–Kier alpha value is -1.96. The van der Waals surface area contributed by atoms with Crippen LogP contribution in [-0.4, -0.2) is 36.9 Å². The Morgan fingerprint density at radius 3 is 2.47 bits per heavy atom. The molecule has 0 heterocycles. The molecular weight excluding hydrogens is 263 g/mol. The molecule has 0 aliphatic carbocycles. The van der Waals surface area contributed by atoms with Crippen molar-refractivity contribution in [1.82, 2.24) is 0 Å².